The summed E-state index contributed by atoms with van der Waals surface area (Å²) in [7, 11) is 0. The number of nitrogens with two attached hydrogens (primary N) is 1. The maximum absolute atomic E-state index is 12.9. The number of hydrogen-bond acceptors (Lipinski definition) is 4. The summed E-state index contributed by atoms with van der Waals surface area (Å²) in [6.07, 6.45) is -4.50. The first kappa shape index (κ1) is 16.2. The van der Waals surface area contributed by atoms with Crippen LogP contribution in [0.25, 0.3) is 0 Å². The zero-order chi connectivity index (χ0) is 17.3. The van der Waals surface area contributed by atoms with Gasteiger partial charge in [-0.1, -0.05) is 0 Å². The summed E-state index contributed by atoms with van der Waals surface area (Å²) in [5.74, 6) is 1.55. The van der Waals surface area contributed by atoms with E-state index in [2.05, 4.69) is 5.32 Å². The fourth-order valence-electron chi connectivity index (χ4n) is 2.09. The standard InChI is InChI=1S/C15H11F3N2O3S/c16-15(17,18)8-1-3-11(10(5-8)20-14(19)24)23-9-2-4-12-13(6-9)22-7-21-12/h1-6H,7H2,(H3,19,20,24). The number of halogens is 3. The summed E-state index contributed by atoms with van der Waals surface area (Å²) >= 11 is 4.70. The molecule has 0 saturated carbocycles. The molecule has 0 atom stereocenters. The van der Waals surface area contributed by atoms with Gasteiger partial charge in [-0.3, -0.25) is 0 Å². The van der Waals surface area contributed by atoms with Crippen molar-refractivity contribution in [2.75, 3.05) is 12.1 Å². The highest BCUT2D eigenvalue weighted by Crippen LogP contribution is 2.40. The Labute approximate surface area is 140 Å². The van der Waals surface area contributed by atoms with Crippen molar-refractivity contribution in [2.24, 2.45) is 5.73 Å². The Balaban J connectivity index is 1.93. The number of benzene rings is 2. The summed E-state index contributed by atoms with van der Waals surface area (Å²) in [5, 5.41) is 2.31. The van der Waals surface area contributed by atoms with Gasteiger partial charge < -0.3 is 25.3 Å². The third kappa shape index (κ3) is 3.46. The molecule has 5 nitrogen and oxygen atoms in total. The van der Waals surface area contributed by atoms with Gasteiger partial charge in [-0.15, -0.1) is 0 Å². The number of hydrogen-bond donors (Lipinski definition) is 2. The maximum Gasteiger partial charge on any atom is 0.416 e. The first-order valence-corrected chi connectivity index (χ1v) is 7.09. The van der Waals surface area contributed by atoms with E-state index in [4.69, 9.17) is 32.2 Å². The molecule has 1 aliphatic rings. The van der Waals surface area contributed by atoms with Crippen molar-refractivity contribution in [3.8, 4) is 23.0 Å². The topological polar surface area (TPSA) is 65.7 Å². The van der Waals surface area contributed by atoms with Gasteiger partial charge in [-0.2, -0.15) is 13.2 Å². The van der Waals surface area contributed by atoms with Crippen LogP contribution in [-0.2, 0) is 6.18 Å². The number of fused-ring (bicyclic) bond motifs is 1. The van der Waals surface area contributed by atoms with E-state index in [1.54, 1.807) is 18.2 Å². The van der Waals surface area contributed by atoms with E-state index in [0.717, 1.165) is 12.1 Å². The van der Waals surface area contributed by atoms with Gasteiger partial charge in [0.2, 0.25) is 6.79 Å². The number of rotatable bonds is 3. The lowest BCUT2D eigenvalue weighted by atomic mass is 10.1. The molecule has 3 N–H and O–H groups in total. The second-order valence-electron chi connectivity index (χ2n) is 4.82. The predicted molar refractivity (Wildman–Crippen MR) is 84.5 cm³/mol. The number of anilines is 1. The van der Waals surface area contributed by atoms with Gasteiger partial charge in [0.15, 0.2) is 22.4 Å². The summed E-state index contributed by atoms with van der Waals surface area (Å²) in [4.78, 5) is 0. The van der Waals surface area contributed by atoms with Crippen LogP contribution in [0, 0.1) is 0 Å². The molecule has 0 spiro atoms. The Bertz CT molecular complexity index is 796. The molecule has 3 rings (SSSR count). The van der Waals surface area contributed by atoms with Crippen molar-refractivity contribution in [1.29, 1.82) is 0 Å². The SMILES string of the molecule is NC(=S)Nc1cc(C(F)(F)F)ccc1Oc1ccc2c(c1)OCO2. The minimum Gasteiger partial charge on any atom is -0.455 e. The van der Waals surface area contributed by atoms with Gasteiger partial charge in [-0.05, 0) is 42.5 Å². The summed E-state index contributed by atoms with van der Waals surface area (Å²) in [5.41, 5.74) is 4.53. The smallest absolute Gasteiger partial charge is 0.416 e. The highest BCUT2D eigenvalue weighted by atomic mass is 32.1. The second-order valence-corrected chi connectivity index (χ2v) is 5.25. The van der Waals surface area contributed by atoms with Crippen molar-refractivity contribution in [3.05, 3.63) is 42.0 Å². The highest BCUT2D eigenvalue weighted by molar-refractivity contribution is 7.80. The molecular formula is C15H11F3N2O3S. The van der Waals surface area contributed by atoms with Crippen LogP contribution in [0.2, 0.25) is 0 Å². The molecule has 1 heterocycles. The first-order chi connectivity index (χ1) is 11.3. The van der Waals surface area contributed by atoms with E-state index >= 15 is 0 Å². The lowest BCUT2D eigenvalue weighted by molar-refractivity contribution is -0.137. The summed E-state index contributed by atoms with van der Waals surface area (Å²) in [6.45, 7) is 0.104. The minimum atomic E-state index is -4.50. The van der Waals surface area contributed by atoms with Gasteiger partial charge in [0.05, 0.1) is 11.3 Å². The summed E-state index contributed by atoms with van der Waals surface area (Å²) in [6, 6.07) is 7.80. The van der Waals surface area contributed by atoms with E-state index in [-0.39, 0.29) is 23.3 Å². The molecule has 0 radical (unpaired) electrons. The summed E-state index contributed by atoms with van der Waals surface area (Å²) < 4.78 is 54.6. The average Bonchev–Trinajstić information content (AvgIpc) is 2.95. The van der Waals surface area contributed by atoms with Crippen molar-refractivity contribution in [3.63, 3.8) is 0 Å². The Kier molecular flexibility index (Phi) is 4.10. The van der Waals surface area contributed by atoms with Crippen molar-refractivity contribution in [2.45, 2.75) is 6.18 Å². The van der Waals surface area contributed by atoms with E-state index in [9.17, 15) is 13.2 Å². The van der Waals surface area contributed by atoms with Gasteiger partial charge >= 0.3 is 6.18 Å². The molecular weight excluding hydrogens is 345 g/mol. The van der Waals surface area contributed by atoms with Crippen LogP contribution in [0.1, 0.15) is 5.56 Å². The molecule has 0 unspecified atom stereocenters. The van der Waals surface area contributed by atoms with Gasteiger partial charge in [0.25, 0.3) is 0 Å². The molecule has 0 aromatic heterocycles. The zero-order valence-electron chi connectivity index (χ0n) is 12.0. The third-order valence-electron chi connectivity index (χ3n) is 3.14. The number of alkyl halides is 3. The molecule has 1 aliphatic heterocycles. The monoisotopic (exact) mass is 356 g/mol. The minimum absolute atomic E-state index is 0.00925. The highest BCUT2D eigenvalue weighted by Gasteiger charge is 2.31. The quantitative estimate of drug-likeness (QED) is 0.814. The lowest BCUT2D eigenvalue weighted by Gasteiger charge is -2.15. The molecule has 9 heteroatoms. The van der Waals surface area contributed by atoms with Crippen molar-refractivity contribution in [1.82, 2.24) is 0 Å². The third-order valence-corrected chi connectivity index (χ3v) is 3.24. The Hall–Kier alpha value is -2.68. The lowest BCUT2D eigenvalue weighted by Crippen LogP contribution is -2.19. The number of thiocarbonyl (C=S) groups is 1. The Morgan fingerprint density at radius 3 is 2.58 bits per heavy atom. The van der Waals surface area contributed by atoms with Gasteiger partial charge in [-0.25, -0.2) is 0 Å². The Morgan fingerprint density at radius 2 is 1.88 bits per heavy atom. The van der Waals surface area contributed by atoms with E-state index in [0.29, 0.717) is 17.2 Å². The van der Waals surface area contributed by atoms with E-state index < -0.39 is 11.7 Å². The fourth-order valence-corrected chi connectivity index (χ4v) is 2.20. The fraction of sp³-hybridized carbons (Fsp3) is 0.133. The first-order valence-electron chi connectivity index (χ1n) is 6.68. The molecule has 0 aliphatic carbocycles. The normalized spacial score (nSPS) is 12.8. The van der Waals surface area contributed by atoms with Crippen LogP contribution >= 0.6 is 12.2 Å². The van der Waals surface area contributed by atoms with Crippen LogP contribution in [0.3, 0.4) is 0 Å². The second kappa shape index (κ2) is 6.08. The van der Waals surface area contributed by atoms with Crippen molar-refractivity contribution >= 4 is 23.0 Å². The molecule has 0 fully saturated rings. The van der Waals surface area contributed by atoms with Gasteiger partial charge in [0.1, 0.15) is 5.75 Å². The maximum atomic E-state index is 12.9. The molecule has 0 saturated heterocycles. The average molecular weight is 356 g/mol. The van der Waals surface area contributed by atoms with Crippen molar-refractivity contribution < 1.29 is 27.4 Å². The zero-order valence-corrected chi connectivity index (χ0v) is 12.8. The molecule has 0 bridgehead atoms. The molecule has 2 aromatic carbocycles. The van der Waals surface area contributed by atoms with E-state index in [1.807, 2.05) is 0 Å². The largest absolute Gasteiger partial charge is 0.455 e. The predicted octanol–water partition coefficient (Wildman–Crippen LogP) is 3.88. The van der Waals surface area contributed by atoms with Gasteiger partial charge in [0, 0.05) is 6.07 Å². The number of nitrogens with one attached hydrogen (secondary N) is 1. The van der Waals surface area contributed by atoms with E-state index in [1.165, 1.54) is 6.07 Å². The number of ether oxygens (including phenoxy) is 3. The Morgan fingerprint density at radius 1 is 1.12 bits per heavy atom. The van der Waals surface area contributed by atoms with Crippen LogP contribution in [0.4, 0.5) is 18.9 Å². The van der Waals surface area contributed by atoms with Crippen LogP contribution < -0.4 is 25.3 Å². The molecule has 24 heavy (non-hydrogen) atoms. The molecule has 2 aromatic rings. The van der Waals surface area contributed by atoms with Crippen LogP contribution in [0.5, 0.6) is 23.0 Å². The molecule has 126 valence electrons. The van der Waals surface area contributed by atoms with Crippen LogP contribution in [-0.4, -0.2) is 11.9 Å². The van der Waals surface area contributed by atoms with Crippen LogP contribution in [0.15, 0.2) is 36.4 Å². The molecule has 0 amide bonds.